The molecule has 1 heterocycles. The van der Waals surface area contributed by atoms with Gasteiger partial charge in [0.2, 0.25) is 5.91 Å². The van der Waals surface area contributed by atoms with Crippen LogP contribution in [0.15, 0.2) is 24.3 Å². The molecule has 0 aliphatic carbocycles. The van der Waals surface area contributed by atoms with E-state index in [9.17, 15) is 9.59 Å². The van der Waals surface area contributed by atoms with Gasteiger partial charge in [-0.3, -0.25) is 14.5 Å². The Kier molecular flexibility index (Phi) is 2.75. The van der Waals surface area contributed by atoms with Gasteiger partial charge in [0.15, 0.2) is 0 Å². The van der Waals surface area contributed by atoms with Crippen LogP contribution in [0.1, 0.15) is 6.92 Å². The normalized spacial score (nSPS) is 19.2. The molecule has 0 spiro atoms. The van der Waals surface area contributed by atoms with Gasteiger partial charge < -0.3 is 10.0 Å². The predicted octanol–water partition coefficient (Wildman–Crippen LogP) is 0.942. The molecule has 1 atom stereocenters. The van der Waals surface area contributed by atoms with E-state index in [2.05, 4.69) is 0 Å². The van der Waals surface area contributed by atoms with Gasteiger partial charge in [0.05, 0.1) is 11.4 Å². The quantitative estimate of drug-likeness (QED) is 0.827. The van der Waals surface area contributed by atoms with E-state index in [-0.39, 0.29) is 18.5 Å². The topological polar surface area (TPSA) is 60.9 Å². The van der Waals surface area contributed by atoms with Gasteiger partial charge in [0.25, 0.3) is 0 Å². The molecule has 5 nitrogen and oxygen atoms in total. The molecule has 0 aromatic heterocycles. The molecular formula is C12H14N2O3. The van der Waals surface area contributed by atoms with E-state index in [0.29, 0.717) is 5.69 Å². The van der Waals surface area contributed by atoms with Gasteiger partial charge in [-0.15, -0.1) is 0 Å². The number of para-hydroxylation sites is 2. The molecule has 1 aliphatic heterocycles. The highest BCUT2D eigenvalue weighted by Gasteiger charge is 2.34. The lowest BCUT2D eigenvalue weighted by atomic mass is 10.1. The van der Waals surface area contributed by atoms with Gasteiger partial charge >= 0.3 is 5.97 Å². The van der Waals surface area contributed by atoms with Crippen LogP contribution in [0, 0.1) is 0 Å². The number of anilines is 2. The van der Waals surface area contributed by atoms with Crippen LogP contribution in [-0.2, 0) is 9.59 Å². The lowest BCUT2D eigenvalue weighted by Gasteiger charge is -2.38. The molecule has 17 heavy (non-hydrogen) atoms. The standard InChI is InChI=1S/C12H14N2O3/c1-8-12(17)14(7-11(15)16)10-6-4-3-5-9(10)13(8)2/h3-6,8H,7H2,1-2H3,(H,15,16). The highest BCUT2D eigenvalue weighted by atomic mass is 16.4. The van der Waals surface area contributed by atoms with Gasteiger partial charge in [0, 0.05) is 7.05 Å². The average molecular weight is 234 g/mol. The number of carbonyl (C=O) groups excluding carboxylic acids is 1. The molecule has 0 fully saturated rings. The maximum Gasteiger partial charge on any atom is 0.323 e. The number of nitrogens with zero attached hydrogens (tertiary/aromatic N) is 2. The minimum atomic E-state index is -1.01. The van der Waals surface area contributed by atoms with Gasteiger partial charge in [-0.1, -0.05) is 12.1 Å². The number of aliphatic carboxylic acids is 1. The number of carboxylic acid groups (broad SMARTS) is 1. The minimum Gasteiger partial charge on any atom is -0.480 e. The zero-order chi connectivity index (χ0) is 12.6. The molecule has 0 bridgehead atoms. The molecule has 1 aliphatic rings. The van der Waals surface area contributed by atoms with Crippen molar-refractivity contribution in [3.05, 3.63) is 24.3 Å². The van der Waals surface area contributed by atoms with Crippen LogP contribution >= 0.6 is 0 Å². The summed E-state index contributed by atoms with van der Waals surface area (Å²) in [5.41, 5.74) is 1.53. The van der Waals surface area contributed by atoms with E-state index in [0.717, 1.165) is 5.69 Å². The Morgan fingerprint density at radius 3 is 2.53 bits per heavy atom. The molecular weight excluding hydrogens is 220 g/mol. The molecule has 0 saturated carbocycles. The molecule has 0 saturated heterocycles. The number of amides is 1. The minimum absolute atomic E-state index is 0.186. The number of carbonyl (C=O) groups is 2. The van der Waals surface area contributed by atoms with Crippen LogP contribution in [0.2, 0.25) is 0 Å². The van der Waals surface area contributed by atoms with Crippen LogP contribution < -0.4 is 9.80 Å². The second kappa shape index (κ2) is 4.08. The predicted molar refractivity (Wildman–Crippen MR) is 64.3 cm³/mol. The number of fused-ring (bicyclic) bond motifs is 1. The maximum absolute atomic E-state index is 12.1. The van der Waals surface area contributed by atoms with Crippen molar-refractivity contribution in [1.29, 1.82) is 0 Å². The van der Waals surface area contributed by atoms with Crippen molar-refractivity contribution < 1.29 is 14.7 Å². The van der Waals surface area contributed by atoms with Crippen molar-refractivity contribution in [1.82, 2.24) is 0 Å². The molecule has 1 aromatic carbocycles. The summed E-state index contributed by atoms with van der Waals surface area (Å²) < 4.78 is 0. The largest absolute Gasteiger partial charge is 0.480 e. The lowest BCUT2D eigenvalue weighted by Crippen LogP contribution is -2.52. The van der Waals surface area contributed by atoms with Crippen molar-refractivity contribution in [3.8, 4) is 0 Å². The summed E-state index contributed by atoms with van der Waals surface area (Å²) in [6.45, 7) is 1.47. The van der Waals surface area contributed by atoms with Crippen molar-refractivity contribution in [3.63, 3.8) is 0 Å². The Balaban J connectivity index is 2.49. The van der Waals surface area contributed by atoms with Gasteiger partial charge in [-0.2, -0.15) is 0 Å². The number of hydrogen-bond acceptors (Lipinski definition) is 3. The summed E-state index contributed by atoms with van der Waals surface area (Å²) >= 11 is 0. The van der Waals surface area contributed by atoms with Crippen LogP contribution in [0.4, 0.5) is 11.4 Å². The van der Waals surface area contributed by atoms with Crippen molar-refractivity contribution in [2.45, 2.75) is 13.0 Å². The first kappa shape index (κ1) is 11.4. The third-order valence-corrected chi connectivity index (χ3v) is 3.05. The Morgan fingerprint density at radius 2 is 1.94 bits per heavy atom. The smallest absolute Gasteiger partial charge is 0.323 e. The fourth-order valence-corrected chi connectivity index (χ4v) is 2.01. The van der Waals surface area contributed by atoms with Gasteiger partial charge in [-0.25, -0.2) is 0 Å². The molecule has 2 rings (SSSR count). The SMILES string of the molecule is CC1C(=O)N(CC(=O)O)c2ccccc2N1C. The summed E-state index contributed by atoms with van der Waals surface area (Å²) in [4.78, 5) is 26.0. The molecule has 1 aromatic rings. The van der Waals surface area contributed by atoms with E-state index in [1.807, 2.05) is 24.1 Å². The molecule has 0 radical (unpaired) electrons. The third kappa shape index (κ3) is 1.84. The lowest BCUT2D eigenvalue weighted by molar-refractivity contribution is -0.136. The highest BCUT2D eigenvalue weighted by Crippen LogP contribution is 2.34. The Bertz CT molecular complexity index is 473. The first-order valence-electron chi connectivity index (χ1n) is 5.37. The van der Waals surface area contributed by atoms with E-state index in [1.165, 1.54) is 4.90 Å². The summed E-state index contributed by atoms with van der Waals surface area (Å²) in [6, 6.07) is 6.97. The number of likely N-dealkylation sites (N-methyl/N-ethyl adjacent to an activating group) is 1. The molecule has 5 heteroatoms. The second-order valence-corrected chi connectivity index (χ2v) is 4.09. The van der Waals surface area contributed by atoms with Crippen molar-refractivity contribution >= 4 is 23.3 Å². The second-order valence-electron chi connectivity index (χ2n) is 4.09. The fourth-order valence-electron chi connectivity index (χ4n) is 2.01. The van der Waals surface area contributed by atoms with Crippen LogP contribution in [0.5, 0.6) is 0 Å². The van der Waals surface area contributed by atoms with E-state index < -0.39 is 5.97 Å². The number of rotatable bonds is 2. The fraction of sp³-hybridized carbons (Fsp3) is 0.333. The van der Waals surface area contributed by atoms with Crippen molar-refractivity contribution in [2.24, 2.45) is 0 Å². The molecule has 1 N–H and O–H groups in total. The molecule has 90 valence electrons. The Hall–Kier alpha value is -2.04. The average Bonchev–Trinajstić information content (AvgIpc) is 2.31. The van der Waals surface area contributed by atoms with Crippen molar-refractivity contribution in [2.75, 3.05) is 23.4 Å². The Labute approximate surface area is 99.3 Å². The van der Waals surface area contributed by atoms with E-state index >= 15 is 0 Å². The number of benzene rings is 1. The number of carboxylic acids is 1. The summed E-state index contributed by atoms with van der Waals surface area (Å²) in [6.07, 6.45) is 0. The Morgan fingerprint density at radius 1 is 1.35 bits per heavy atom. The summed E-state index contributed by atoms with van der Waals surface area (Å²) in [5, 5.41) is 8.85. The third-order valence-electron chi connectivity index (χ3n) is 3.05. The zero-order valence-electron chi connectivity index (χ0n) is 9.75. The summed E-state index contributed by atoms with van der Waals surface area (Å²) in [5.74, 6) is -1.20. The first-order valence-corrected chi connectivity index (χ1v) is 5.37. The van der Waals surface area contributed by atoms with Gasteiger partial charge in [-0.05, 0) is 19.1 Å². The highest BCUT2D eigenvalue weighted by molar-refractivity contribution is 6.07. The first-order chi connectivity index (χ1) is 8.02. The van der Waals surface area contributed by atoms with Gasteiger partial charge in [0.1, 0.15) is 12.6 Å². The maximum atomic E-state index is 12.1. The number of hydrogen-bond donors (Lipinski definition) is 1. The van der Waals surface area contributed by atoms with Crippen LogP contribution in [-0.4, -0.2) is 36.6 Å². The van der Waals surface area contributed by atoms with E-state index in [1.54, 1.807) is 19.1 Å². The summed E-state index contributed by atoms with van der Waals surface area (Å²) in [7, 11) is 1.83. The molecule has 1 unspecified atom stereocenters. The monoisotopic (exact) mass is 234 g/mol. The van der Waals surface area contributed by atoms with Crippen LogP contribution in [0.3, 0.4) is 0 Å². The van der Waals surface area contributed by atoms with Crippen LogP contribution in [0.25, 0.3) is 0 Å². The van der Waals surface area contributed by atoms with E-state index in [4.69, 9.17) is 5.11 Å². The zero-order valence-corrected chi connectivity index (χ0v) is 9.75. The molecule has 1 amide bonds.